The van der Waals surface area contributed by atoms with Gasteiger partial charge >= 0.3 is 0 Å². The molecule has 1 aliphatic heterocycles. The Morgan fingerprint density at radius 1 is 1.47 bits per heavy atom. The number of nitrogens with one attached hydrogen (secondary N) is 1. The lowest BCUT2D eigenvalue weighted by atomic mass is 10.1. The quantitative estimate of drug-likeness (QED) is 0.834. The molecule has 0 aliphatic carbocycles. The normalized spacial score (nSPS) is 18.0. The van der Waals surface area contributed by atoms with E-state index in [-0.39, 0.29) is 0 Å². The van der Waals surface area contributed by atoms with E-state index in [9.17, 15) is 0 Å². The summed E-state index contributed by atoms with van der Waals surface area (Å²) in [5.74, 6) is 1.00. The summed E-state index contributed by atoms with van der Waals surface area (Å²) in [5.41, 5.74) is 2.49. The molecule has 92 valence electrons. The second-order valence-electron chi connectivity index (χ2n) is 4.71. The molecule has 0 radical (unpaired) electrons. The smallest absolute Gasteiger partial charge is 0.126 e. The van der Waals surface area contributed by atoms with E-state index < -0.39 is 0 Å². The summed E-state index contributed by atoms with van der Waals surface area (Å²) in [6.45, 7) is 6.42. The maximum absolute atomic E-state index is 4.35. The van der Waals surface area contributed by atoms with Gasteiger partial charge in [-0.05, 0) is 44.4 Å². The highest BCUT2D eigenvalue weighted by Crippen LogP contribution is 2.16. The van der Waals surface area contributed by atoms with Gasteiger partial charge in [0.05, 0.1) is 0 Å². The van der Waals surface area contributed by atoms with Gasteiger partial charge < -0.3 is 5.32 Å². The molecule has 0 aromatic carbocycles. The van der Waals surface area contributed by atoms with Crippen molar-refractivity contribution in [3.63, 3.8) is 0 Å². The van der Waals surface area contributed by atoms with Gasteiger partial charge in [-0.1, -0.05) is 0 Å². The fourth-order valence-corrected chi connectivity index (χ4v) is 2.41. The van der Waals surface area contributed by atoms with Crippen LogP contribution in [0.25, 0.3) is 0 Å². The first kappa shape index (κ1) is 12.5. The fraction of sp³-hybridized carbons (Fsp3) is 0.538. The first-order valence-electron chi connectivity index (χ1n) is 6.14. The van der Waals surface area contributed by atoms with Gasteiger partial charge in [0.25, 0.3) is 0 Å². The topological polar surface area (TPSA) is 28.2 Å². The molecule has 1 N–H and O–H groups in total. The Kier molecular flexibility index (Phi) is 4.14. The zero-order valence-electron chi connectivity index (χ0n) is 10.5. The van der Waals surface area contributed by atoms with Crippen molar-refractivity contribution < 1.29 is 0 Å². The van der Waals surface area contributed by atoms with E-state index in [0.29, 0.717) is 6.04 Å². The van der Waals surface area contributed by atoms with Crippen molar-refractivity contribution in [1.82, 2.24) is 9.88 Å². The maximum Gasteiger partial charge on any atom is 0.126 e. The molecule has 0 spiro atoms. The summed E-state index contributed by atoms with van der Waals surface area (Å²) in [5, 5.41) is 3.52. The van der Waals surface area contributed by atoms with E-state index in [2.05, 4.69) is 44.0 Å². The highest BCUT2D eigenvalue weighted by molar-refractivity contribution is 7.20. The van der Waals surface area contributed by atoms with Crippen molar-refractivity contribution >= 4 is 20.1 Å². The van der Waals surface area contributed by atoms with Crippen LogP contribution in [0.1, 0.15) is 25.3 Å². The predicted octanol–water partition coefficient (Wildman–Crippen LogP) is 2.56. The largest absolute Gasteiger partial charge is 0.367 e. The molecule has 1 aliphatic rings. The molecule has 1 fully saturated rings. The zero-order valence-corrected chi connectivity index (χ0v) is 11.5. The number of rotatable bonds is 3. The van der Waals surface area contributed by atoms with Crippen LogP contribution in [-0.2, 0) is 0 Å². The fourth-order valence-electron chi connectivity index (χ4n) is 2.18. The van der Waals surface area contributed by atoms with Crippen LogP contribution in [0.15, 0.2) is 18.3 Å². The molecule has 4 heteroatoms. The minimum absolute atomic E-state index is 0.548. The van der Waals surface area contributed by atoms with Crippen molar-refractivity contribution in [2.45, 2.75) is 32.7 Å². The molecule has 0 bridgehead atoms. The second kappa shape index (κ2) is 5.61. The summed E-state index contributed by atoms with van der Waals surface area (Å²) in [6.07, 6.45) is 4.19. The molecule has 0 amide bonds. The van der Waals surface area contributed by atoms with Crippen molar-refractivity contribution in [1.29, 1.82) is 0 Å². The van der Waals surface area contributed by atoms with Crippen LogP contribution < -0.4 is 5.32 Å². The molecule has 2 rings (SSSR count). The molecular formula is C13H20N3P. The highest BCUT2D eigenvalue weighted by Gasteiger charge is 2.19. The summed E-state index contributed by atoms with van der Waals surface area (Å²) < 4.78 is 0. The Morgan fingerprint density at radius 3 is 2.76 bits per heavy atom. The third-order valence-corrected chi connectivity index (χ3v) is 3.55. The van der Waals surface area contributed by atoms with Crippen LogP contribution in [0.4, 0.5) is 5.82 Å². The minimum atomic E-state index is 0.548. The van der Waals surface area contributed by atoms with Gasteiger partial charge in [0.2, 0.25) is 0 Å². The first-order valence-corrected chi connectivity index (χ1v) is 6.64. The Hall–Kier alpha value is -0.920. The van der Waals surface area contributed by atoms with Crippen LogP contribution in [-0.4, -0.2) is 34.4 Å². The van der Waals surface area contributed by atoms with E-state index in [1.807, 2.05) is 12.3 Å². The summed E-state index contributed by atoms with van der Waals surface area (Å²) >= 11 is 0. The third kappa shape index (κ3) is 3.52. The molecule has 1 aromatic rings. The Bertz CT molecular complexity index is 397. The number of nitrogens with zero attached hydrogens (tertiary/aromatic N) is 2. The Balaban J connectivity index is 1.88. The average Bonchev–Trinajstić information content (AvgIpc) is 2.29. The molecule has 1 saturated heterocycles. The zero-order chi connectivity index (χ0) is 12.3. The lowest BCUT2D eigenvalue weighted by molar-refractivity contribution is 0.326. The molecule has 17 heavy (non-hydrogen) atoms. The van der Waals surface area contributed by atoms with Gasteiger partial charge in [0, 0.05) is 30.7 Å². The Morgan fingerprint density at radius 2 is 2.18 bits per heavy atom. The standard InChI is InChI=1S/C13H20N3P/c1-10-3-6-14-13(9-10)15-12-4-7-16(8-5-12)11(2)17/h3,6,9,12,17H,4-5,7-8H2,1-2H3,(H,14,15). The van der Waals surface area contributed by atoms with Gasteiger partial charge in [0.1, 0.15) is 5.82 Å². The molecule has 3 nitrogen and oxygen atoms in total. The number of hydrogen-bond donors (Lipinski definition) is 1. The van der Waals surface area contributed by atoms with Crippen LogP contribution in [0.3, 0.4) is 0 Å². The van der Waals surface area contributed by atoms with E-state index in [1.165, 1.54) is 11.0 Å². The van der Waals surface area contributed by atoms with Gasteiger partial charge in [-0.15, -0.1) is 8.86 Å². The molecular weight excluding hydrogens is 229 g/mol. The van der Waals surface area contributed by atoms with Gasteiger partial charge in [-0.2, -0.15) is 0 Å². The summed E-state index contributed by atoms with van der Waals surface area (Å²) in [4.78, 5) is 6.72. The molecule has 0 unspecified atom stereocenters. The molecule has 1 aromatic heterocycles. The predicted molar refractivity (Wildman–Crippen MR) is 76.2 cm³/mol. The van der Waals surface area contributed by atoms with Crippen LogP contribution >= 0.6 is 8.86 Å². The molecule has 0 saturated carbocycles. The lowest BCUT2D eigenvalue weighted by Gasteiger charge is -2.32. The second-order valence-corrected chi connectivity index (χ2v) is 5.43. The van der Waals surface area contributed by atoms with Crippen LogP contribution in [0.2, 0.25) is 0 Å². The monoisotopic (exact) mass is 249 g/mol. The van der Waals surface area contributed by atoms with Gasteiger partial charge in [0.15, 0.2) is 0 Å². The minimum Gasteiger partial charge on any atom is -0.367 e. The van der Waals surface area contributed by atoms with E-state index in [1.54, 1.807) is 0 Å². The number of aryl methyl sites for hydroxylation is 1. The van der Waals surface area contributed by atoms with E-state index in [0.717, 1.165) is 31.7 Å². The lowest BCUT2D eigenvalue weighted by Crippen LogP contribution is -2.40. The van der Waals surface area contributed by atoms with Crippen molar-refractivity contribution in [2.75, 3.05) is 18.4 Å². The number of piperidine rings is 1. The third-order valence-electron chi connectivity index (χ3n) is 3.24. The van der Waals surface area contributed by atoms with E-state index in [4.69, 9.17) is 0 Å². The number of hydrogen-bond acceptors (Lipinski definition) is 2. The molecule has 2 heterocycles. The average molecular weight is 249 g/mol. The number of aromatic nitrogens is 1. The van der Waals surface area contributed by atoms with E-state index >= 15 is 0 Å². The maximum atomic E-state index is 4.35. The Labute approximate surface area is 105 Å². The van der Waals surface area contributed by atoms with Gasteiger partial charge in [-0.3, -0.25) is 4.90 Å². The van der Waals surface area contributed by atoms with Crippen molar-refractivity contribution in [3.05, 3.63) is 23.9 Å². The number of anilines is 1. The highest BCUT2D eigenvalue weighted by atomic mass is 31.0. The number of likely N-dealkylation sites (tertiary alicyclic amines) is 1. The summed E-state index contributed by atoms with van der Waals surface area (Å²) in [6, 6.07) is 4.68. The SMILES string of the molecule is CC(=P)N1CCC(Nc2cc(C)ccn2)CC1. The number of pyridine rings is 1. The summed E-state index contributed by atoms with van der Waals surface area (Å²) in [7, 11) is 3.59. The van der Waals surface area contributed by atoms with Crippen molar-refractivity contribution in [2.24, 2.45) is 0 Å². The molecule has 0 atom stereocenters. The van der Waals surface area contributed by atoms with Crippen LogP contribution in [0.5, 0.6) is 0 Å². The van der Waals surface area contributed by atoms with Gasteiger partial charge in [-0.25, -0.2) is 4.98 Å². The first-order chi connectivity index (χ1) is 8.15. The van der Waals surface area contributed by atoms with Crippen molar-refractivity contribution in [3.8, 4) is 0 Å². The van der Waals surface area contributed by atoms with Crippen LogP contribution in [0, 0.1) is 6.92 Å².